The number of piperidine rings is 1. The molecule has 2 rings (SSSR count). The summed E-state index contributed by atoms with van der Waals surface area (Å²) in [6.07, 6.45) is 6.54. The Hall–Kier alpha value is -0.220. The van der Waals surface area contributed by atoms with Crippen LogP contribution in [0.25, 0.3) is 0 Å². The maximum atomic E-state index is 4.78. The zero-order chi connectivity index (χ0) is 12.1. The Morgan fingerprint density at radius 2 is 2.29 bits per heavy atom. The van der Waals surface area contributed by atoms with Gasteiger partial charge in [0.05, 0.1) is 6.54 Å². The molecule has 98 valence electrons. The van der Waals surface area contributed by atoms with Gasteiger partial charge in [-0.1, -0.05) is 25.1 Å². The summed E-state index contributed by atoms with van der Waals surface area (Å²) in [7, 11) is 2.24. The summed E-state index contributed by atoms with van der Waals surface area (Å²) in [4.78, 5) is 7.25. The second-order valence-corrected chi connectivity index (χ2v) is 6.25. The Morgan fingerprint density at radius 1 is 1.41 bits per heavy atom. The maximum absolute atomic E-state index is 4.78. The molecular formula is C13H25N3S. The van der Waals surface area contributed by atoms with Crippen molar-refractivity contribution in [2.45, 2.75) is 51.1 Å². The Labute approximate surface area is 109 Å². The van der Waals surface area contributed by atoms with E-state index in [1.54, 1.807) is 0 Å². The van der Waals surface area contributed by atoms with Gasteiger partial charge < -0.3 is 10.2 Å². The van der Waals surface area contributed by atoms with Crippen molar-refractivity contribution >= 4 is 16.9 Å². The van der Waals surface area contributed by atoms with Gasteiger partial charge >= 0.3 is 0 Å². The Balaban J connectivity index is 1.82. The van der Waals surface area contributed by atoms with Crippen molar-refractivity contribution in [2.24, 2.45) is 4.99 Å². The summed E-state index contributed by atoms with van der Waals surface area (Å²) in [5.74, 6) is 1.23. The molecule has 0 spiro atoms. The highest BCUT2D eigenvalue weighted by Gasteiger charge is 2.20. The van der Waals surface area contributed by atoms with Crippen molar-refractivity contribution in [3.63, 3.8) is 0 Å². The number of likely N-dealkylation sites (tertiary alicyclic amines) is 1. The van der Waals surface area contributed by atoms with E-state index in [2.05, 4.69) is 24.2 Å². The fraction of sp³-hybridized carbons (Fsp3) is 0.923. The smallest absolute Gasteiger partial charge is 0.156 e. The monoisotopic (exact) mass is 255 g/mol. The first-order chi connectivity index (χ1) is 8.29. The normalized spacial score (nSPS) is 33.6. The molecule has 0 aromatic heterocycles. The standard InChI is InChI=1S/C13H25N3S/c1-3-11-7-9-17-13(15-11)14-10-12-6-4-5-8-16(12)2/h11-12H,3-10H2,1-2H3,(H,14,15). The van der Waals surface area contributed by atoms with Crippen molar-refractivity contribution < 1.29 is 0 Å². The van der Waals surface area contributed by atoms with E-state index in [0.29, 0.717) is 12.1 Å². The van der Waals surface area contributed by atoms with Crippen LogP contribution in [-0.4, -0.2) is 48.0 Å². The van der Waals surface area contributed by atoms with Crippen LogP contribution in [-0.2, 0) is 0 Å². The number of aliphatic imine (C=N–C) groups is 1. The summed E-state index contributed by atoms with van der Waals surface area (Å²) >= 11 is 1.89. The largest absolute Gasteiger partial charge is 0.362 e. The number of nitrogens with one attached hydrogen (secondary N) is 1. The first-order valence-corrected chi connectivity index (χ1v) is 7.92. The number of hydrogen-bond acceptors (Lipinski definition) is 3. The first-order valence-electron chi connectivity index (χ1n) is 6.93. The van der Waals surface area contributed by atoms with Gasteiger partial charge in [0, 0.05) is 17.8 Å². The Morgan fingerprint density at radius 3 is 3.06 bits per heavy atom. The predicted octanol–water partition coefficient (Wildman–Crippen LogP) is 2.33. The molecule has 0 aromatic rings. The van der Waals surface area contributed by atoms with Crippen molar-refractivity contribution in [2.75, 3.05) is 25.9 Å². The molecule has 2 aliphatic rings. The number of amidine groups is 1. The van der Waals surface area contributed by atoms with Crippen LogP contribution in [0, 0.1) is 0 Å². The van der Waals surface area contributed by atoms with Crippen molar-refractivity contribution in [1.29, 1.82) is 0 Å². The lowest BCUT2D eigenvalue weighted by molar-refractivity contribution is 0.191. The molecule has 0 saturated carbocycles. The SMILES string of the molecule is CCC1CCSC(=NCC2CCCCN2C)N1. The van der Waals surface area contributed by atoms with Gasteiger partial charge in [-0.05, 0) is 39.3 Å². The van der Waals surface area contributed by atoms with Crippen LogP contribution in [0.3, 0.4) is 0 Å². The van der Waals surface area contributed by atoms with Gasteiger partial charge in [-0.25, -0.2) is 0 Å². The average Bonchev–Trinajstić information content (AvgIpc) is 2.38. The van der Waals surface area contributed by atoms with Gasteiger partial charge in [0.15, 0.2) is 5.17 Å². The minimum atomic E-state index is 0.652. The minimum Gasteiger partial charge on any atom is -0.362 e. The lowest BCUT2D eigenvalue weighted by atomic mass is 10.0. The van der Waals surface area contributed by atoms with Crippen LogP contribution in [0.4, 0.5) is 0 Å². The highest BCUT2D eigenvalue weighted by Crippen LogP contribution is 2.18. The number of nitrogens with zero attached hydrogens (tertiary/aromatic N) is 2. The van der Waals surface area contributed by atoms with Gasteiger partial charge in [-0.15, -0.1) is 0 Å². The van der Waals surface area contributed by atoms with E-state index >= 15 is 0 Å². The average molecular weight is 255 g/mol. The van der Waals surface area contributed by atoms with Gasteiger partial charge in [0.2, 0.25) is 0 Å². The fourth-order valence-electron chi connectivity index (χ4n) is 2.55. The molecule has 0 radical (unpaired) electrons. The van der Waals surface area contributed by atoms with E-state index in [9.17, 15) is 0 Å². The molecular weight excluding hydrogens is 230 g/mol. The molecule has 2 fully saturated rings. The van der Waals surface area contributed by atoms with Crippen molar-refractivity contribution in [1.82, 2.24) is 10.2 Å². The minimum absolute atomic E-state index is 0.652. The third-order valence-corrected chi connectivity index (χ3v) is 4.85. The summed E-state index contributed by atoms with van der Waals surface area (Å²) in [6.45, 7) is 4.47. The maximum Gasteiger partial charge on any atom is 0.156 e. The molecule has 0 aliphatic carbocycles. The topological polar surface area (TPSA) is 27.6 Å². The number of rotatable bonds is 3. The molecule has 2 aliphatic heterocycles. The van der Waals surface area contributed by atoms with Crippen LogP contribution in [0.1, 0.15) is 39.0 Å². The predicted molar refractivity (Wildman–Crippen MR) is 76.9 cm³/mol. The first kappa shape index (κ1) is 13.2. The van der Waals surface area contributed by atoms with Crippen LogP contribution in [0.2, 0.25) is 0 Å². The number of thioether (sulfide) groups is 1. The molecule has 4 heteroatoms. The van der Waals surface area contributed by atoms with E-state index in [1.807, 2.05) is 11.8 Å². The zero-order valence-corrected chi connectivity index (χ0v) is 11.9. The van der Waals surface area contributed by atoms with Gasteiger partial charge in [0.25, 0.3) is 0 Å². The van der Waals surface area contributed by atoms with Gasteiger partial charge in [-0.3, -0.25) is 4.99 Å². The molecule has 2 heterocycles. The second kappa shape index (κ2) is 6.64. The molecule has 2 saturated heterocycles. The lowest BCUT2D eigenvalue weighted by Crippen LogP contribution is -2.40. The van der Waals surface area contributed by atoms with E-state index in [1.165, 1.54) is 49.6 Å². The summed E-state index contributed by atoms with van der Waals surface area (Å²) in [5, 5.41) is 4.73. The third-order valence-electron chi connectivity index (χ3n) is 3.89. The van der Waals surface area contributed by atoms with Gasteiger partial charge in [0.1, 0.15) is 0 Å². The molecule has 0 amide bonds. The Bertz CT molecular complexity index is 267. The molecule has 3 nitrogen and oxygen atoms in total. The van der Waals surface area contributed by atoms with Crippen LogP contribution < -0.4 is 5.32 Å². The summed E-state index contributed by atoms with van der Waals surface area (Å²) in [6, 6.07) is 1.32. The molecule has 0 bridgehead atoms. The van der Waals surface area contributed by atoms with Gasteiger partial charge in [-0.2, -0.15) is 0 Å². The third kappa shape index (κ3) is 3.88. The highest BCUT2D eigenvalue weighted by molar-refractivity contribution is 8.13. The van der Waals surface area contributed by atoms with E-state index < -0.39 is 0 Å². The fourth-order valence-corrected chi connectivity index (χ4v) is 3.56. The van der Waals surface area contributed by atoms with Crippen LogP contribution in [0.5, 0.6) is 0 Å². The molecule has 2 unspecified atom stereocenters. The summed E-state index contributed by atoms with van der Waals surface area (Å²) < 4.78 is 0. The van der Waals surface area contributed by atoms with E-state index in [0.717, 1.165) is 6.54 Å². The summed E-state index contributed by atoms with van der Waals surface area (Å²) in [5.41, 5.74) is 0. The second-order valence-electron chi connectivity index (χ2n) is 5.16. The van der Waals surface area contributed by atoms with E-state index in [-0.39, 0.29) is 0 Å². The van der Waals surface area contributed by atoms with Crippen LogP contribution in [0.15, 0.2) is 4.99 Å². The molecule has 0 aromatic carbocycles. The van der Waals surface area contributed by atoms with Crippen molar-refractivity contribution in [3.8, 4) is 0 Å². The van der Waals surface area contributed by atoms with Crippen molar-refractivity contribution in [3.05, 3.63) is 0 Å². The number of hydrogen-bond donors (Lipinski definition) is 1. The molecule has 2 atom stereocenters. The lowest BCUT2D eigenvalue weighted by Gasteiger charge is -2.32. The molecule has 17 heavy (non-hydrogen) atoms. The Kier molecular flexibility index (Phi) is 5.16. The van der Waals surface area contributed by atoms with Crippen LogP contribution >= 0.6 is 11.8 Å². The van der Waals surface area contributed by atoms with E-state index in [4.69, 9.17) is 4.99 Å². The number of likely N-dealkylation sites (N-methyl/N-ethyl adjacent to an activating group) is 1. The zero-order valence-electron chi connectivity index (χ0n) is 11.1. The molecule has 1 N–H and O–H groups in total. The quantitative estimate of drug-likeness (QED) is 0.839. The highest BCUT2D eigenvalue weighted by atomic mass is 32.2.